The fourth-order valence-corrected chi connectivity index (χ4v) is 5.15. The number of amides is 1. The molecule has 3 N–H and O–H groups in total. The standard InChI is InChI=1S/C21H33N3O6S/c1-16-2-5-18(6-3-16)31(27,28)23-19-7-4-17(30-20(19)15-25)8-9-22-21(26)14-24-10-12-29-13-11-24/h2-3,5-6,17,19-20,23,25H,4,7-15H2,1H3,(H,22,26)/t17-,19-,20-/m1/s1. The van der Waals surface area contributed by atoms with E-state index in [0.29, 0.717) is 45.6 Å². The second-order valence-electron chi connectivity index (χ2n) is 8.12. The van der Waals surface area contributed by atoms with Gasteiger partial charge in [-0.25, -0.2) is 13.1 Å². The van der Waals surface area contributed by atoms with Crippen LogP contribution in [0.15, 0.2) is 29.2 Å². The summed E-state index contributed by atoms with van der Waals surface area (Å²) < 4.78 is 39.2. The summed E-state index contributed by atoms with van der Waals surface area (Å²) in [5, 5.41) is 12.6. The summed E-state index contributed by atoms with van der Waals surface area (Å²) in [6.45, 7) is 5.28. The number of aliphatic hydroxyl groups excluding tert-OH is 1. The largest absolute Gasteiger partial charge is 0.394 e. The molecule has 2 heterocycles. The zero-order chi connectivity index (χ0) is 22.3. The normalized spacial score (nSPS) is 25.3. The average Bonchev–Trinajstić information content (AvgIpc) is 2.75. The molecule has 9 nitrogen and oxygen atoms in total. The molecular weight excluding hydrogens is 422 g/mol. The Bertz CT molecular complexity index is 811. The van der Waals surface area contributed by atoms with E-state index in [1.807, 2.05) is 6.92 Å². The van der Waals surface area contributed by atoms with Crippen LogP contribution in [0, 0.1) is 6.92 Å². The number of nitrogens with one attached hydrogen (secondary N) is 2. The Kier molecular flexibility index (Phi) is 8.82. The van der Waals surface area contributed by atoms with Gasteiger partial charge in [0.1, 0.15) is 0 Å². The van der Waals surface area contributed by atoms with Crippen LogP contribution in [0.2, 0.25) is 0 Å². The number of hydrogen-bond acceptors (Lipinski definition) is 7. The summed E-state index contributed by atoms with van der Waals surface area (Å²) >= 11 is 0. The fraction of sp³-hybridized carbons (Fsp3) is 0.667. The molecule has 10 heteroatoms. The molecule has 0 aliphatic carbocycles. The summed E-state index contributed by atoms with van der Waals surface area (Å²) in [4.78, 5) is 14.3. The van der Waals surface area contributed by atoms with Gasteiger partial charge < -0.3 is 19.9 Å². The van der Waals surface area contributed by atoms with Crippen molar-refractivity contribution in [2.45, 2.75) is 49.3 Å². The topological polar surface area (TPSA) is 117 Å². The van der Waals surface area contributed by atoms with Crippen LogP contribution in [0.3, 0.4) is 0 Å². The van der Waals surface area contributed by atoms with Crippen LogP contribution >= 0.6 is 0 Å². The van der Waals surface area contributed by atoms with Gasteiger partial charge in [-0.3, -0.25) is 9.69 Å². The highest BCUT2D eigenvalue weighted by Gasteiger charge is 2.33. The van der Waals surface area contributed by atoms with Crippen molar-refractivity contribution in [3.63, 3.8) is 0 Å². The molecule has 0 saturated carbocycles. The molecule has 2 aliphatic rings. The van der Waals surface area contributed by atoms with Crippen LogP contribution in [0.4, 0.5) is 0 Å². The molecule has 174 valence electrons. The van der Waals surface area contributed by atoms with Crippen molar-refractivity contribution in [1.82, 2.24) is 14.9 Å². The van der Waals surface area contributed by atoms with Crippen molar-refractivity contribution in [1.29, 1.82) is 0 Å². The van der Waals surface area contributed by atoms with Gasteiger partial charge in [0.2, 0.25) is 15.9 Å². The van der Waals surface area contributed by atoms with E-state index in [0.717, 1.165) is 18.7 Å². The third kappa shape index (κ3) is 7.23. The second kappa shape index (κ2) is 11.3. The molecule has 0 aromatic heterocycles. The van der Waals surface area contributed by atoms with E-state index in [4.69, 9.17) is 9.47 Å². The van der Waals surface area contributed by atoms with E-state index in [1.54, 1.807) is 24.3 Å². The van der Waals surface area contributed by atoms with Gasteiger partial charge in [-0.2, -0.15) is 0 Å². The van der Waals surface area contributed by atoms with Crippen molar-refractivity contribution >= 4 is 15.9 Å². The molecule has 1 amide bonds. The average molecular weight is 456 g/mol. The minimum Gasteiger partial charge on any atom is -0.394 e. The molecule has 1 aromatic rings. The number of hydrogen-bond donors (Lipinski definition) is 3. The smallest absolute Gasteiger partial charge is 0.240 e. The molecule has 0 spiro atoms. The minimum absolute atomic E-state index is 0.0276. The Morgan fingerprint density at radius 2 is 1.90 bits per heavy atom. The zero-order valence-electron chi connectivity index (χ0n) is 18.0. The lowest BCUT2D eigenvalue weighted by Crippen LogP contribution is -2.51. The second-order valence-corrected chi connectivity index (χ2v) is 9.84. The van der Waals surface area contributed by atoms with Gasteiger partial charge in [-0.15, -0.1) is 0 Å². The quantitative estimate of drug-likeness (QED) is 0.481. The number of benzene rings is 1. The van der Waals surface area contributed by atoms with Crippen LogP contribution in [0.25, 0.3) is 0 Å². The third-order valence-electron chi connectivity index (χ3n) is 5.69. The van der Waals surface area contributed by atoms with E-state index in [1.165, 1.54) is 0 Å². The van der Waals surface area contributed by atoms with Crippen LogP contribution < -0.4 is 10.0 Å². The molecule has 31 heavy (non-hydrogen) atoms. The number of ether oxygens (including phenoxy) is 2. The maximum Gasteiger partial charge on any atom is 0.240 e. The molecule has 0 radical (unpaired) electrons. The third-order valence-corrected chi connectivity index (χ3v) is 7.20. The number of aryl methyl sites for hydroxylation is 1. The van der Waals surface area contributed by atoms with Crippen molar-refractivity contribution < 1.29 is 27.8 Å². The maximum absolute atomic E-state index is 12.7. The first kappa shape index (κ1) is 24.1. The lowest BCUT2D eigenvalue weighted by Gasteiger charge is -2.36. The first-order valence-electron chi connectivity index (χ1n) is 10.8. The van der Waals surface area contributed by atoms with Crippen LogP contribution in [0.5, 0.6) is 0 Å². The Labute approximate surface area is 184 Å². The Morgan fingerprint density at radius 1 is 1.19 bits per heavy atom. The molecule has 0 bridgehead atoms. The summed E-state index contributed by atoms with van der Waals surface area (Å²) in [6.07, 6.45) is 1.06. The highest BCUT2D eigenvalue weighted by molar-refractivity contribution is 7.89. The van der Waals surface area contributed by atoms with Crippen LogP contribution in [0.1, 0.15) is 24.8 Å². The number of aliphatic hydroxyl groups is 1. The van der Waals surface area contributed by atoms with Gasteiger partial charge >= 0.3 is 0 Å². The number of carbonyl (C=O) groups is 1. The molecule has 2 fully saturated rings. The highest BCUT2D eigenvalue weighted by atomic mass is 32.2. The van der Waals surface area contributed by atoms with Gasteiger partial charge in [-0.05, 0) is 38.3 Å². The predicted octanol–water partition coefficient (Wildman–Crippen LogP) is 0.0203. The SMILES string of the molecule is Cc1ccc(S(=O)(=O)N[C@@H]2CC[C@H](CCNC(=O)CN3CCOCC3)O[C@@H]2CO)cc1. The van der Waals surface area contributed by atoms with Gasteiger partial charge in [0, 0.05) is 19.6 Å². The zero-order valence-corrected chi connectivity index (χ0v) is 18.8. The summed E-state index contributed by atoms with van der Waals surface area (Å²) in [5.74, 6) is -0.0276. The fourth-order valence-electron chi connectivity index (χ4n) is 3.85. The summed E-state index contributed by atoms with van der Waals surface area (Å²) in [7, 11) is -3.69. The lowest BCUT2D eigenvalue weighted by atomic mass is 9.98. The molecule has 1 aromatic carbocycles. The molecule has 3 atom stereocenters. The Hall–Kier alpha value is -1.56. The van der Waals surface area contributed by atoms with Crippen LogP contribution in [-0.4, -0.2) is 88.6 Å². The van der Waals surface area contributed by atoms with Gasteiger partial charge in [0.05, 0.1) is 49.5 Å². The first-order chi connectivity index (χ1) is 14.9. The summed E-state index contributed by atoms with van der Waals surface area (Å²) in [5.41, 5.74) is 0.980. The monoisotopic (exact) mass is 455 g/mol. The van der Waals surface area contributed by atoms with E-state index < -0.39 is 22.2 Å². The van der Waals surface area contributed by atoms with Gasteiger partial charge in [0.15, 0.2) is 0 Å². The van der Waals surface area contributed by atoms with E-state index >= 15 is 0 Å². The maximum atomic E-state index is 12.7. The first-order valence-corrected chi connectivity index (χ1v) is 12.3. The van der Waals surface area contributed by atoms with Crippen molar-refractivity contribution in [2.24, 2.45) is 0 Å². The van der Waals surface area contributed by atoms with Gasteiger partial charge in [-0.1, -0.05) is 17.7 Å². The van der Waals surface area contributed by atoms with Crippen molar-refractivity contribution in [3.8, 4) is 0 Å². The number of carbonyl (C=O) groups excluding carboxylic acids is 1. The highest BCUT2D eigenvalue weighted by Crippen LogP contribution is 2.23. The molecular formula is C21H33N3O6S. The van der Waals surface area contributed by atoms with E-state index in [-0.39, 0.29) is 23.5 Å². The van der Waals surface area contributed by atoms with Crippen LogP contribution in [-0.2, 0) is 24.3 Å². The number of sulfonamides is 1. The molecule has 2 saturated heterocycles. The number of rotatable bonds is 9. The molecule has 2 aliphatic heterocycles. The number of morpholine rings is 1. The lowest BCUT2D eigenvalue weighted by molar-refractivity contribution is -0.123. The Morgan fingerprint density at radius 3 is 2.58 bits per heavy atom. The Balaban J connectivity index is 1.43. The molecule has 0 unspecified atom stereocenters. The number of nitrogens with zero attached hydrogens (tertiary/aromatic N) is 1. The summed E-state index contributed by atoms with van der Waals surface area (Å²) in [6, 6.07) is 6.14. The van der Waals surface area contributed by atoms with Gasteiger partial charge in [0.25, 0.3) is 0 Å². The van der Waals surface area contributed by atoms with Crippen molar-refractivity contribution in [3.05, 3.63) is 29.8 Å². The van der Waals surface area contributed by atoms with E-state index in [2.05, 4.69) is 14.9 Å². The predicted molar refractivity (Wildman–Crippen MR) is 115 cm³/mol. The van der Waals surface area contributed by atoms with Crippen molar-refractivity contribution in [2.75, 3.05) is 46.0 Å². The molecule has 3 rings (SSSR count). The van der Waals surface area contributed by atoms with E-state index in [9.17, 15) is 18.3 Å². The minimum atomic E-state index is -3.69.